The Hall–Kier alpha value is -5.39. The Balaban J connectivity index is 1.41. The molecule has 0 spiro atoms. The lowest BCUT2D eigenvalue weighted by Gasteiger charge is -2.30. The number of carbonyl (C=O) groups is 5. The number of ether oxygens (including phenoxy) is 3. The molecule has 12 nitrogen and oxygen atoms in total. The third-order valence-corrected chi connectivity index (χ3v) is 9.28. The zero-order valence-electron chi connectivity index (χ0n) is 32.0. The van der Waals surface area contributed by atoms with Crippen molar-refractivity contribution >= 4 is 30.0 Å². The van der Waals surface area contributed by atoms with E-state index in [4.69, 9.17) is 14.2 Å². The van der Waals surface area contributed by atoms with Gasteiger partial charge in [0.25, 0.3) is 0 Å². The summed E-state index contributed by atoms with van der Waals surface area (Å²) in [5, 5.41) is 7.90. The number of carbonyl (C=O) groups excluding carboxylic acids is 5. The minimum Gasteiger partial charge on any atom is -0.449 e. The highest BCUT2D eigenvalue weighted by molar-refractivity contribution is 5.87. The van der Waals surface area contributed by atoms with Crippen LogP contribution in [-0.4, -0.2) is 79.3 Å². The van der Waals surface area contributed by atoms with E-state index in [1.165, 1.54) is 0 Å². The van der Waals surface area contributed by atoms with Crippen LogP contribution in [0.1, 0.15) is 82.9 Å². The van der Waals surface area contributed by atoms with Gasteiger partial charge in [0, 0.05) is 32.0 Å². The quantitative estimate of drug-likeness (QED) is 0.118. The molecule has 0 saturated carbocycles. The first-order chi connectivity index (χ1) is 25.9. The molecule has 1 aliphatic carbocycles. The number of alkyl carbamates (subject to hydrolysis) is 3. The summed E-state index contributed by atoms with van der Waals surface area (Å²) in [5.41, 5.74) is 4.40. The number of fused-ring (bicyclic) bond motifs is 3. The zero-order valence-corrected chi connectivity index (χ0v) is 32.0. The Kier molecular flexibility index (Phi) is 15.5. The summed E-state index contributed by atoms with van der Waals surface area (Å²) in [4.78, 5) is 66.8. The van der Waals surface area contributed by atoms with Gasteiger partial charge in [-0.25, -0.2) is 14.4 Å². The van der Waals surface area contributed by atoms with Crippen LogP contribution in [0.25, 0.3) is 11.1 Å². The summed E-state index contributed by atoms with van der Waals surface area (Å²) in [7, 11) is 0. The van der Waals surface area contributed by atoms with E-state index in [0.29, 0.717) is 6.54 Å². The van der Waals surface area contributed by atoms with Gasteiger partial charge < -0.3 is 35.1 Å². The number of rotatable bonds is 18. The van der Waals surface area contributed by atoms with Gasteiger partial charge in [0.15, 0.2) is 5.78 Å². The molecule has 1 unspecified atom stereocenters. The fourth-order valence-electron chi connectivity index (χ4n) is 6.34. The van der Waals surface area contributed by atoms with Crippen molar-refractivity contribution in [1.82, 2.24) is 20.9 Å². The standard InChI is InChI=1S/C42H54N4O8/c1-6-29(7-2)26-46(24-22-31(47)25-44-39(49)52-27-30-15-9-8-10-16-30)38(48)37(21-23-43-40(50)54-42(3,4)5)45-41(51)53-28-36-34-19-13-11-17-32(34)33-18-12-14-20-35(33)36/h8-20,29,36-37H,6-7,21-28H2,1-5H3,(H,43,50)(H,44,49)(H,45,51). The maximum Gasteiger partial charge on any atom is 0.407 e. The summed E-state index contributed by atoms with van der Waals surface area (Å²) in [6.07, 6.45) is -0.528. The Morgan fingerprint density at radius 2 is 1.37 bits per heavy atom. The average molecular weight is 743 g/mol. The minimum absolute atomic E-state index is 0.0291. The second-order valence-electron chi connectivity index (χ2n) is 14.4. The van der Waals surface area contributed by atoms with E-state index < -0.39 is 35.8 Å². The average Bonchev–Trinajstić information content (AvgIpc) is 3.48. The Bertz CT molecular complexity index is 1670. The van der Waals surface area contributed by atoms with Gasteiger partial charge >= 0.3 is 18.3 Å². The van der Waals surface area contributed by atoms with Crippen molar-refractivity contribution < 1.29 is 38.2 Å². The lowest BCUT2D eigenvalue weighted by atomic mass is 9.98. The molecule has 1 atom stereocenters. The molecule has 0 heterocycles. The number of hydrogen-bond acceptors (Lipinski definition) is 8. The van der Waals surface area contributed by atoms with E-state index in [2.05, 4.69) is 16.0 Å². The molecule has 0 fully saturated rings. The molecule has 4 rings (SSSR count). The molecular formula is C42H54N4O8. The highest BCUT2D eigenvalue weighted by Crippen LogP contribution is 2.44. The highest BCUT2D eigenvalue weighted by atomic mass is 16.6. The number of nitrogens with one attached hydrogen (secondary N) is 3. The van der Waals surface area contributed by atoms with Crippen molar-refractivity contribution in [1.29, 1.82) is 0 Å². The van der Waals surface area contributed by atoms with Gasteiger partial charge in [-0.15, -0.1) is 0 Å². The van der Waals surface area contributed by atoms with E-state index in [-0.39, 0.29) is 63.3 Å². The van der Waals surface area contributed by atoms with E-state index in [1.807, 2.05) is 92.7 Å². The van der Waals surface area contributed by atoms with Crippen LogP contribution in [0.3, 0.4) is 0 Å². The van der Waals surface area contributed by atoms with Crippen molar-refractivity contribution in [3.05, 3.63) is 95.6 Å². The van der Waals surface area contributed by atoms with E-state index in [1.54, 1.807) is 25.7 Å². The van der Waals surface area contributed by atoms with Crippen molar-refractivity contribution in [2.75, 3.05) is 32.8 Å². The summed E-state index contributed by atoms with van der Waals surface area (Å²) < 4.78 is 16.3. The molecule has 3 N–H and O–H groups in total. The number of nitrogens with zero attached hydrogens (tertiary/aromatic N) is 1. The number of ketones is 1. The smallest absolute Gasteiger partial charge is 0.407 e. The van der Waals surface area contributed by atoms with Crippen LogP contribution < -0.4 is 16.0 Å². The summed E-state index contributed by atoms with van der Waals surface area (Å²) >= 11 is 0. The molecule has 3 aromatic rings. The molecule has 1 aliphatic rings. The molecule has 0 aliphatic heterocycles. The largest absolute Gasteiger partial charge is 0.449 e. The van der Waals surface area contributed by atoms with Gasteiger partial charge in [-0.3, -0.25) is 9.59 Å². The first kappa shape index (κ1) is 41.4. The van der Waals surface area contributed by atoms with E-state index in [9.17, 15) is 24.0 Å². The maximum absolute atomic E-state index is 14.2. The van der Waals surface area contributed by atoms with Gasteiger partial charge in [0.05, 0.1) is 6.54 Å². The Labute approximate surface area is 318 Å². The monoisotopic (exact) mass is 742 g/mol. The van der Waals surface area contributed by atoms with Crippen LogP contribution >= 0.6 is 0 Å². The number of hydrogen-bond donors (Lipinski definition) is 3. The SMILES string of the molecule is CCC(CC)CN(CCC(=O)CNC(=O)OCc1ccccc1)C(=O)C(CCNC(=O)OC(C)(C)C)NC(=O)OCC1c2ccccc2-c2ccccc21. The molecule has 0 saturated heterocycles. The number of amides is 4. The van der Waals surface area contributed by atoms with Gasteiger partial charge in [0.2, 0.25) is 5.91 Å². The second-order valence-corrected chi connectivity index (χ2v) is 14.4. The maximum atomic E-state index is 14.2. The molecule has 0 bridgehead atoms. The molecule has 0 aromatic heterocycles. The van der Waals surface area contributed by atoms with Gasteiger partial charge in [-0.2, -0.15) is 0 Å². The Morgan fingerprint density at radius 3 is 1.98 bits per heavy atom. The molecule has 4 amide bonds. The number of benzene rings is 3. The van der Waals surface area contributed by atoms with Crippen LogP contribution in [0.5, 0.6) is 0 Å². The van der Waals surface area contributed by atoms with E-state index >= 15 is 0 Å². The zero-order chi connectivity index (χ0) is 39.1. The molecule has 290 valence electrons. The van der Waals surface area contributed by atoms with Gasteiger partial charge in [0.1, 0.15) is 24.9 Å². The van der Waals surface area contributed by atoms with Crippen LogP contribution in [0, 0.1) is 5.92 Å². The highest BCUT2D eigenvalue weighted by Gasteiger charge is 2.31. The van der Waals surface area contributed by atoms with Crippen molar-refractivity contribution in [2.24, 2.45) is 5.92 Å². The van der Waals surface area contributed by atoms with Crippen molar-refractivity contribution in [2.45, 2.75) is 84.5 Å². The first-order valence-electron chi connectivity index (χ1n) is 18.7. The third kappa shape index (κ3) is 12.6. The predicted molar refractivity (Wildman–Crippen MR) is 206 cm³/mol. The minimum atomic E-state index is -1.08. The number of Topliss-reactive ketones (excluding diaryl/α,β-unsaturated/α-hetero) is 1. The van der Waals surface area contributed by atoms with Crippen molar-refractivity contribution in [3.63, 3.8) is 0 Å². The molecule has 54 heavy (non-hydrogen) atoms. The van der Waals surface area contributed by atoms with Gasteiger partial charge in [-0.05, 0) is 60.9 Å². The molecule has 3 aromatic carbocycles. The lowest BCUT2D eigenvalue weighted by molar-refractivity contribution is -0.134. The van der Waals surface area contributed by atoms with Crippen molar-refractivity contribution in [3.8, 4) is 11.1 Å². The predicted octanol–water partition coefficient (Wildman–Crippen LogP) is 6.96. The first-order valence-corrected chi connectivity index (χ1v) is 18.7. The molecule has 12 heteroatoms. The normalized spacial score (nSPS) is 12.6. The van der Waals surface area contributed by atoms with Crippen LogP contribution in [-0.2, 0) is 30.4 Å². The molecular weight excluding hydrogens is 688 g/mol. The third-order valence-electron chi connectivity index (χ3n) is 9.28. The van der Waals surface area contributed by atoms with Gasteiger partial charge in [-0.1, -0.05) is 106 Å². The fraction of sp³-hybridized carbons (Fsp3) is 0.452. The van der Waals surface area contributed by atoms with Crippen LogP contribution in [0.4, 0.5) is 14.4 Å². The van der Waals surface area contributed by atoms with E-state index in [0.717, 1.165) is 40.7 Å². The summed E-state index contributed by atoms with van der Waals surface area (Å²) in [6, 6.07) is 24.1. The Morgan fingerprint density at radius 1 is 0.759 bits per heavy atom. The lowest BCUT2D eigenvalue weighted by Crippen LogP contribution is -2.51. The second kappa shape index (κ2) is 20.2. The van der Waals surface area contributed by atoms with Crippen LogP contribution in [0.15, 0.2) is 78.9 Å². The topological polar surface area (TPSA) is 152 Å². The molecule has 0 radical (unpaired) electrons. The van der Waals surface area contributed by atoms with Crippen LogP contribution in [0.2, 0.25) is 0 Å². The fourth-order valence-corrected chi connectivity index (χ4v) is 6.34. The summed E-state index contributed by atoms with van der Waals surface area (Å²) in [5.74, 6) is -0.732. The summed E-state index contributed by atoms with van der Waals surface area (Å²) in [6.45, 7) is 9.62.